The van der Waals surface area contributed by atoms with Crippen molar-refractivity contribution in [2.45, 2.75) is 16.8 Å². The van der Waals surface area contributed by atoms with E-state index in [0.29, 0.717) is 5.56 Å². The molecule has 2 aliphatic carbocycles. The molecular formula is C33H19F5O3S. The Hall–Kier alpha value is -4.50. The topological polar surface area (TPSA) is 43.4 Å². The molecule has 0 heterocycles. The highest BCUT2D eigenvalue weighted by Crippen LogP contribution is 2.63. The molecule has 0 bridgehead atoms. The Morgan fingerprint density at radius 3 is 1.52 bits per heavy atom. The van der Waals surface area contributed by atoms with Gasteiger partial charge in [-0.2, -0.15) is 30.4 Å². The highest BCUT2D eigenvalue weighted by molar-refractivity contribution is 7.88. The number of hydrogen-bond donors (Lipinski definition) is 0. The first-order chi connectivity index (χ1) is 20.0. The SMILES string of the molecule is O=S(=O)(Oc1ccc(-c2cccc3c2-c2ccccc2C32c3ccccc3-c3ccccc32)cc1)C(F)(F)C(F)(F)F. The van der Waals surface area contributed by atoms with Gasteiger partial charge in [0.1, 0.15) is 5.75 Å². The first-order valence-corrected chi connectivity index (χ1v) is 14.3. The van der Waals surface area contributed by atoms with Gasteiger partial charge in [-0.15, -0.1) is 0 Å². The van der Waals surface area contributed by atoms with Gasteiger partial charge in [0.05, 0.1) is 5.41 Å². The first kappa shape index (κ1) is 26.4. The van der Waals surface area contributed by atoms with Crippen LogP contribution in [0.5, 0.6) is 5.75 Å². The zero-order chi connectivity index (χ0) is 29.5. The number of alkyl halides is 5. The van der Waals surface area contributed by atoms with Crippen molar-refractivity contribution in [3.05, 3.63) is 138 Å². The summed E-state index contributed by atoms with van der Waals surface area (Å²) >= 11 is 0. The molecule has 0 unspecified atom stereocenters. The zero-order valence-corrected chi connectivity index (χ0v) is 22.3. The van der Waals surface area contributed by atoms with E-state index >= 15 is 0 Å². The second kappa shape index (κ2) is 8.75. The highest BCUT2D eigenvalue weighted by atomic mass is 32.2. The molecule has 5 aromatic carbocycles. The molecule has 0 N–H and O–H groups in total. The molecule has 1 spiro atoms. The van der Waals surface area contributed by atoms with E-state index in [1.165, 1.54) is 12.1 Å². The van der Waals surface area contributed by atoms with Crippen molar-refractivity contribution in [1.82, 2.24) is 0 Å². The third kappa shape index (κ3) is 3.40. The molecule has 3 nitrogen and oxygen atoms in total. The Morgan fingerprint density at radius 1 is 0.524 bits per heavy atom. The summed E-state index contributed by atoms with van der Waals surface area (Å²) in [6.07, 6.45) is -6.32. The molecule has 7 rings (SSSR count). The van der Waals surface area contributed by atoms with E-state index in [1.54, 1.807) is 0 Å². The Bertz CT molecular complexity index is 1950. The Kier molecular flexibility index (Phi) is 5.50. The Labute approximate surface area is 238 Å². The lowest BCUT2D eigenvalue weighted by Crippen LogP contribution is -2.46. The number of rotatable bonds is 4. The summed E-state index contributed by atoms with van der Waals surface area (Å²) in [4.78, 5) is 0. The lowest BCUT2D eigenvalue weighted by Gasteiger charge is -2.30. The molecule has 0 saturated heterocycles. The van der Waals surface area contributed by atoms with Crippen LogP contribution < -0.4 is 4.18 Å². The van der Waals surface area contributed by atoms with Crippen LogP contribution in [0.2, 0.25) is 0 Å². The monoisotopic (exact) mass is 590 g/mol. The van der Waals surface area contributed by atoms with Crippen molar-refractivity contribution in [3.8, 4) is 39.1 Å². The summed E-state index contributed by atoms with van der Waals surface area (Å²) in [6.45, 7) is 0. The highest BCUT2D eigenvalue weighted by Gasteiger charge is 2.69. The van der Waals surface area contributed by atoms with Crippen LogP contribution in [0, 0.1) is 0 Å². The van der Waals surface area contributed by atoms with Crippen LogP contribution in [0.15, 0.2) is 115 Å². The lowest BCUT2D eigenvalue weighted by atomic mass is 9.70. The predicted molar refractivity (Wildman–Crippen MR) is 149 cm³/mol. The average Bonchev–Trinajstić information content (AvgIpc) is 3.44. The van der Waals surface area contributed by atoms with E-state index in [1.807, 2.05) is 54.6 Å². The summed E-state index contributed by atoms with van der Waals surface area (Å²) in [5.74, 6) is -0.661. The van der Waals surface area contributed by atoms with E-state index in [4.69, 9.17) is 0 Å². The smallest absolute Gasteiger partial charge is 0.378 e. The molecule has 0 amide bonds. The standard InChI is InChI=1S/C33H19F5O3S/c34-32(35,36)33(37,38)42(39,40)41-21-18-16-20(17-19-21)22-11-7-15-29-30(22)25-10-3-6-14-28(25)31(29)26-12-4-1-8-23(26)24-9-2-5-13-27(24)31/h1-19H. The minimum Gasteiger partial charge on any atom is -0.378 e. The van der Waals surface area contributed by atoms with Crippen LogP contribution in [0.3, 0.4) is 0 Å². The van der Waals surface area contributed by atoms with Crippen molar-refractivity contribution < 1.29 is 34.6 Å². The molecule has 210 valence electrons. The fourth-order valence-corrected chi connectivity index (χ4v) is 7.15. The van der Waals surface area contributed by atoms with Gasteiger partial charge in [0.15, 0.2) is 0 Å². The maximum Gasteiger partial charge on any atom is 0.475 e. The Balaban J connectivity index is 1.39. The summed E-state index contributed by atoms with van der Waals surface area (Å²) in [7, 11) is -6.33. The normalized spacial score (nSPS) is 14.7. The van der Waals surface area contributed by atoms with E-state index in [9.17, 15) is 30.4 Å². The van der Waals surface area contributed by atoms with Crippen molar-refractivity contribution in [2.75, 3.05) is 0 Å². The van der Waals surface area contributed by atoms with Crippen LogP contribution in [-0.2, 0) is 15.5 Å². The van der Waals surface area contributed by atoms with Crippen molar-refractivity contribution in [1.29, 1.82) is 0 Å². The van der Waals surface area contributed by atoms with Gasteiger partial charge in [-0.05, 0) is 67.8 Å². The minimum absolute atomic E-state index is 0.588. The van der Waals surface area contributed by atoms with Gasteiger partial charge in [-0.3, -0.25) is 0 Å². The third-order valence-corrected chi connectivity index (χ3v) is 9.31. The molecule has 0 radical (unpaired) electrons. The molecule has 42 heavy (non-hydrogen) atoms. The molecule has 0 aliphatic heterocycles. The van der Waals surface area contributed by atoms with Gasteiger partial charge >= 0.3 is 21.5 Å². The molecular weight excluding hydrogens is 571 g/mol. The number of halogens is 5. The second-order valence-corrected chi connectivity index (χ2v) is 11.8. The molecule has 0 atom stereocenters. The largest absolute Gasteiger partial charge is 0.475 e. The van der Waals surface area contributed by atoms with Crippen LogP contribution in [0.1, 0.15) is 22.3 Å². The molecule has 0 fully saturated rings. The lowest BCUT2D eigenvalue weighted by molar-refractivity contribution is -0.243. The average molecular weight is 591 g/mol. The summed E-state index contributed by atoms with van der Waals surface area (Å²) in [5, 5.41) is -6.06. The van der Waals surface area contributed by atoms with Crippen LogP contribution in [0.4, 0.5) is 22.0 Å². The number of hydrogen-bond acceptors (Lipinski definition) is 3. The first-order valence-electron chi connectivity index (χ1n) is 12.9. The fourth-order valence-electron chi connectivity index (χ4n) is 6.39. The molecule has 0 saturated carbocycles. The minimum atomic E-state index is -6.33. The maximum atomic E-state index is 13.5. The van der Waals surface area contributed by atoms with E-state index in [2.05, 4.69) is 40.6 Å². The molecule has 0 aromatic heterocycles. The van der Waals surface area contributed by atoms with E-state index in [0.717, 1.165) is 62.2 Å². The summed E-state index contributed by atoms with van der Waals surface area (Å²) in [5.41, 5.74) is 9.47. The molecule has 5 aromatic rings. The predicted octanol–water partition coefficient (Wildman–Crippen LogP) is 8.56. The third-order valence-electron chi connectivity index (χ3n) is 8.04. The van der Waals surface area contributed by atoms with Crippen LogP contribution >= 0.6 is 0 Å². The van der Waals surface area contributed by atoms with Crippen molar-refractivity contribution in [2.24, 2.45) is 0 Å². The maximum absolute atomic E-state index is 13.5. The van der Waals surface area contributed by atoms with Gasteiger partial charge < -0.3 is 4.18 Å². The summed E-state index contributed by atoms with van der Waals surface area (Å²) in [6, 6.07) is 35.6. The Morgan fingerprint density at radius 2 is 0.976 bits per heavy atom. The second-order valence-electron chi connectivity index (χ2n) is 10.2. The van der Waals surface area contributed by atoms with Crippen LogP contribution in [-0.4, -0.2) is 19.8 Å². The molecule has 2 aliphatic rings. The van der Waals surface area contributed by atoms with Crippen molar-refractivity contribution in [3.63, 3.8) is 0 Å². The van der Waals surface area contributed by atoms with Gasteiger partial charge in [0, 0.05) is 0 Å². The van der Waals surface area contributed by atoms with E-state index in [-0.39, 0.29) is 0 Å². The summed E-state index contributed by atoms with van der Waals surface area (Å²) < 4.78 is 92.8. The van der Waals surface area contributed by atoms with Gasteiger partial charge in [-0.25, -0.2) is 0 Å². The van der Waals surface area contributed by atoms with Gasteiger partial charge in [-0.1, -0.05) is 103 Å². The van der Waals surface area contributed by atoms with Gasteiger partial charge in [0.25, 0.3) is 0 Å². The van der Waals surface area contributed by atoms with Crippen molar-refractivity contribution >= 4 is 10.1 Å². The van der Waals surface area contributed by atoms with Crippen LogP contribution in [0.25, 0.3) is 33.4 Å². The van der Waals surface area contributed by atoms with E-state index < -0.39 is 32.7 Å². The molecule has 9 heteroatoms. The zero-order valence-electron chi connectivity index (χ0n) is 21.5. The quantitative estimate of drug-likeness (QED) is 0.152. The van der Waals surface area contributed by atoms with Gasteiger partial charge in [0.2, 0.25) is 0 Å². The number of fused-ring (bicyclic) bond motifs is 10. The number of benzene rings is 5. The fraction of sp³-hybridized carbons (Fsp3) is 0.0909.